The second kappa shape index (κ2) is 5.03. The molecule has 104 valence electrons. The molecule has 1 atom stereocenters. The number of amides is 1. The Bertz CT molecular complexity index is 503. The zero-order valence-corrected chi connectivity index (χ0v) is 11.3. The van der Waals surface area contributed by atoms with Crippen LogP contribution in [0.15, 0.2) is 4.42 Å². The summed E-state index contributed by atoms with van der Waals surface area (Å²) in [6, 6.07) is -0.929. The standard InChI is InChI=1S/C13H18N2O4/c1-6(2)9(13(17)18)15-11(16)10-7(3)14-12(19-10)8-4-5-8/h6,8-9H,4-5H2,1-3H3,(H,15,16)(H,17,18)/t9-/m1/s1. The number of carbonyl (C=O) groups excluding carboxylic acids is 1. The fourth-order valence-corrected chi connectivity index (χ4v) is 1.85. The van der Waals surface area contributed by atoms with E-state index in [0.29, 0.717) is 17.5 Å². The Balaban J connectivity index is 2.12. The van der Waals surface area contributed by atoms with Crippen LogP contribution in [0.5, 0.6) is 0 Å². The molecule has 1 aliphatic carbocycles. The Morgan fingerprint density at radius 2 is 2.05 bits per heavy atom. The minimum Gasteiger partial charge on any atom is -0.480 e. The van der Waals surface area contributed by atoms with Crippen LogP contribution in [0.25, 0.3) is 0 Å². The van der Waals surface area contributed by atoms with E-state index < -0.39 is 17.9 Å². The highest BCUT2D eigenvalue weighted by atomic mass is 16.4. The van der Waals surface area contributed by atoms with Gasteiger partial charge in [0.05, 0.1) is 5.69 Å². The Kier molecular flexibility index (Phi) is 3.59. The zero-order valence-electron chi connectivity index (χ0n) is 11.3. The summed E-state index contributed by atoms with van der Waals surface area (Å²) in [7, 11) is 0. The summed E-state index contributed by atoms with van der Waals surface area (Å²) in [5.74, 6) is -0.748. The molecule has 0 aliphatic heterocycles. The van der Waals surface area contributed by atoms with Crippen molar-refractivity contribution in [3.8, 4) is 0 Å². The van der Waals surface area contributed by atoms with Gasteiger partial charge in [-0.25, -0.2) is 9.78 Å². The number of aliphatic carboxylic acids is 1. The van der Waals surface area contributed by atoms with Gasteiger partial charge >= 0.3 is 5.97 Å². The lowest BCUT2D eigenvalue weighted by molar-refractivity contribution is -0.140. The summed E-state index contributed by atoms with van der Waals surface area (Å²) in [5.41, 5.74) is 0.507. The van der Waals surface area contributed by atoms with Crippen LogP contribution in [0.2, 0.25) is 0 Å². The molecule has 1 amide bonds. The summed E-state index contributed by atoms with van der Waals surface area (Å²) in [6.07, 6.45) is 2.06. The van der Waals surface area contributed by atoms with Gasteiger partial charge in [0.15, 0.2) is 5.89 Å². The molecule has 6 nitrogen and oxygen atoms in total. The summed E-state index contributed by atoms with van der Waals surface area (Å²) < 4.78 is 5.44. The van der Waals surface area contributed by atoms with Gasteiger partial charge in [-0.3, -0.25) is 4.79 Å². The van der Waals surface area contributed by atoms with Crippen LogP contribution in [0.4, 0.5) is 0 Å². The van der Waals surface area contributed by atoms with Crippen molar-refractivity contribution in [2.75, 3.05) is 0 Å². The number of carboxylic acid groups (broad SMARTS) is 1. The Hall–Kier alpha value is -1.85. The highest BCUT2D eigenvalue weighted by Gasteiger charge is 2.32. The molecule has 0 unspecified atom stereocenters. The number of hydrogen-bond acceptors (Lipinski definition) is 4. The first-order valence-corrected chi connectivity index (χ1v) is 6.41. The molecule has 0 bridgehead atoms. The van der Waals surface area contributed by atoms with Gasteiger partial charge in [-0.15, -0.1) is 0 Å². The highest BCUT2D eigenvalue weighted by Crippen LogP contribution is 2.40. The van der Waals surface area contributed by atoms with Crippen LogP contribution in [-0.4, -0.2) is 28.0 Å². The van der Waals surface area contributed by atoms with E-state index in [1.54, 1.807) is 20.8 Å². The Morgan fingerprint density at radius 3 is 2.53 bits per heavy atom. The van der Waals surface area contributed by atoms with E-state index in [0.717, 1.165) is 12.8 Å². The van der Waals surface area contributed by atoms with Crippen LogP contribution in [0, 0.1) is 12.8 Å². The third kappa shape index (κ3) is 2.94. The van der Waals surface area contributed by atoms with Crippen molar-refractivity contribution >= 4 is 11.9 Å². The van der Waals surface area contributed by atoms with Gasteiger partial charge in [0.25, 0.3) is 5.91 Å². The van der Waals surface area contributed by atoms with Crippen molar-refractivity contribution in [3.05, 3.63) is 17.3 Å². The molecule has 1 saturated carbocycles. The maximum absolute atomic E-state index is 12.0. The van der Waals surface area contributed by atoms with Gasteiger partial charge < -0.3 is 14.8 Å². The second-order valence-electron chi connectivity index (χ2n) is 5.27. The average molecular weight is 266 g/mol. The third-order valence-corrected chi connectivity index (χ3v) is 3.17. The molecule has 1 aliphatic rings. The van der Waals surface area contributed by atoms with Crippen molar-refractivity contribution in [2.45, 2.75) is 45.6 Å². The fraction of sp³-hybridized carbons (Fsp3) is 0.615. The molecule has 1 heterocycles. The number of nitrogens with zero attached hydrogens (tertiary/aromatic N) is 1. The molecule has 19 heavy (non-hydrogen) atoms. The van der Waals surface area contributed by atoms with E-state index in [2.05, 4.69) is 10.3 Å². The van der Waals surface area contributed by atoms with Crippen molar-refractivity contribution < 1.29 is 19.1 Å². The lowest BCUT2D eigenvalue weighted by Crippen LogP contribution is -2.44. The first-order valence-electron chi connectivity index (χ1n) is 6.41. The highest BCUT2D eigenvalue weighted by molar-refractivity contribution is 5.95. The molecule has 0 aromatic carbocycles. The number of oxazole rings is 1. The minimum atomic E-state index is -1.05. The van der Waals surface area contributed by atoms with Crippen molar-refractivity contribution in [1.82, 2.24) is 10.3 Å². The molecule has 2 rings (SSSR count). The summed E-state index contributed by atoms with van der Waals surface area (Å²) >= 11 is 0. The lowest BCUT2D eigenvalue weighted by atomic mass is 10.0. The van der Waals surface area contributed by atoms with Crippen molar-refractivity contribution in [2.24, 2.45) is 5.92 Å². The molecule has 1 aromatic rings. The van der Waals surface area contributed by atoms with Crippen molar-refractivity contribution in [1.29, 1.82) is 0 Å². The quantitative estimate of drug-likeness (QED) is 0.846. The normalized spacial score (nSPS) is 16.4. The van der Waals surface area contributed by atoms with Crippen LogP contribution < -0.4 is 5.32 Å². The van der Waals surface area contributed by atoms with Crippen LogP contribution >= 0.6 is 0 Å². The van der Waals surface area contributed by atoms with Gasteiger partial charge in [0.2, 0.25) is 5.76 Å². The average Bonchev–Trinajstić information content (AvgIpc) is 3.08. The smallest absolute Gasteiger partial charge is 0.326 e. The summed E-state index contributed by atoms with van der Waals surface area (Å²) in [6.45, 7) is 5.17. The Labute approximate surface area is 111 Å². The molecule has 0 radical (unpaired) electrons. The third-order valence-electron chi connectivity index (χ3n) is 3.17. The number of aromatic nitrogens is 1. The SMILES string of the molecule is Cc1nc(C2CC2)oc1C(=O)N[C@@H](C(=O)O)C(C)C. The molecule has 0 saturated heterocycles. The van der Waals surface area contributed by atoms with Gasteiger partial charge in [0.1, 0.15) is 6.04 Å². The van der Waals surface area contributed by atoms with E-state index in [9.17, 15) is 9.59 Å². The fourth-order valence-electron chi connectivity index (χ4n) is 1.85. The minimum absolute atomic E-state index is 0.119. The van der Waals surface area contributed by atoms with Gasteiger partial charge in [-0.1, -0.05) is 13.8 Å². The predicted molar refractivity (Wildman–Crippen MR) is 66.9 cm³/mol. The van der Waals surface area contributed by atoms with Crippen molar-refractivity contribution in [3.63, 3.8) is 0 Å². The monoisotopic (exact) mass is 266 g/mol. The number of rotatable bonds is 5. The van der Waals surface area contributed by atoms with E-state index in [-0.39, 0.29) is 11.7 Å². The van der Waals surface area contributed by atoms with Gasteiger partial charge in [-0.05, 0) is 25.7 Å². The molecule has 0 spiro atoms. The molecule has 6 heteroatoms. The second-order valence-corrected chi connectivity index (χ2v) is 5.27. The first kappa shape index (κ1) is 13.6. The molecular formula is C13H18N2O4. The number of carboxylic acids is 1. The number of hydrogen-bond donors (Lipinski definition) is 2. The first-order chi connectivity index (χ1) is 8.90. The lowest BCUT2D eigenvalue weighted by Gasteiger charge is -2.16. The Morgan fingerprint density at radius 1 is 1.42 bits per heavy atom. The molecule has 1 fully saturated rings. The predicted octanol–water partition coefficient (Wildman–Crippen LogP) is 1.70. The van der Waals surface area contributed by atoms with E-state index >= 15 is 0 Å². The summed E-state index contributed by atoms with van der Waals surface area (Å²) in [5, 5.41) is 11.5. The van der Waals surface area contributed by atoms with Crippen LogP contribution in [0.3, 0.4) is 0 Å². The van der Waals surface area contributed by atoms with E-state index in [4.69, 9.17) is 9.52 Å². The van der Waals surface area contributed by atoms with Gasteiger partial charge in [0, 0.05) is 5.92 Å². The number of aryl methyl sites for hydroxylation is 1. The zero-order chi connectivity index (χ0) is 14.2. The van der Waals surface area contributed by atoms with Crippen LogP contribution in [-0.2, 0) is 4.79 Å². The molecule has 2 N–H and O–H groups in total. The molecule has 1 aromatic heterocycles. The number of nitrogens with one attached hydrogen (secondary N) is 1. The van der Waals surface area contributed by atoms with Gasteiger partial charge in [-0.2, -0.15) is 0 Å². The van der Waals surface area contributed by atoms with Crippen LogP contribution in [0.1, 0.15) is 54.7 Å². The maximum atomic E-state index is 12.0. The summed E-state index contributed by atoms with van der Waals surface area (Å²) in [4.78, 5) is 27.3. The van der Waals surface area contributed by atoms with E-state index in [1.807, 2.05) is 0 Å². The van der Waals surface area contributed by atoms with E-state index in [1.165, 1.54) is 0 Å². The maximum Gasteiger partial charge on any atom is 0.326 e. The number of carbonyl (C=O) groups is 2. The topological polar surface area (TPSA) is 92.4 Å². The molecular weight excluding hydrogens is 248 g/mol. The largest absolute Gasteiger partial charge is 0.480 e.